The third-order valence-corrected chi connectivity index (χ3v) is 7.82. The highest BCUT2D eigenvalue weighted by Crippen LogP contribution is 2.36. The van der Waals surface area contributed by atoms with Gasteiger partial charge < -0.3 is 9.47 Å². The van der Waals surface area contributed by atoms with E-state index in [0.29, 0.717) is 12.4 Å². The molecule has 0 spiro atoms. The molecule has 5 rings (SSSR count). The molecule has 0 radical (unpaired) electrons. The maximum Gasteiger partial charge on any atom is 0.250 e. The largest absolute Gasteiger partial charge is 0.371 e. The number of benzene rings is 1. The Balaban J connectivity index is 1.37. The van der Waals surface area contributed by atoms with Gasteiger partial charge in [-0.1, -0.05) is 36.4 Å². The number of tetrazole rings is 1. The van der Waals surface area contributed by atoms with Crippen molar-refractivity contribution in [2.75, 3.05) is 13.2 Å². The van der Waals surface area contributed by atoms with E-state index in [9.17, 15) is 8.42 Å². The predicted octanol–water partition coefficient (Wildman–Crippen LogP) is 1.09. The fourth-order valence-electron chi connectivity index (χ4n) is 3.66. The molecule has 9 nitrogen and oxygen atoms in total. The molecule has 2 aliphatic rings. The van der Waals surface area contributed by atoms with Crippen LogP contribution in [0.2, 0.25) is 0 Å². The number of fused-ring (bicyclic) bond motifs is 1. The zero-order valence-corrected chi connectivity index (χ0v) is 16.2. The molecule has 11 heteroatoms. The SMILES string of the molecule is O=S(=O)(N[C@H]1CO[C@H]2[C@H]1OC[C@H]2n1nnnc1-c1ccccc1)c1cccs1. The molecular weight excluding hydrogens is 402 g/mol. The average molecular weight is 419 g/mol. The van der Waals surface area contributed by atoms with Gasteiger partial charge in [0, 0.05) is 5.56 Å². The number of hydrogen-bond acceptors (Lipinski definition) is 8. The lowest BCUT2D eigenvalue weighted by molar-refractivity contribution is 0.0626. The molecule has 1 N–H and O–H groups in total. The first-order chi connectivity index (χ1) is 13.6. The molecule has 2 aromatic heterocycles. The minimum absolute atomic E-state index is 0.230. The summed E-state index contributed by atoms with van der Waals surface area (Å²) in [6.07, 6.45) is -0.727. The number of rotatable bonds is 5. The lowest BCUT2D eigenvalue weighted by Crippen LogP contribution is -2.43. The molecule has 0 aliphatic carbocycles. The Hall–Kier alpha value is -2.18. The average Bonchev–Trinajstić information content (AvgIpc) is 3.48. The Morgan fingerprint density at radius 1 is 1.07 bits per heavy atom. The van der Waals surface area contributed by atoms with Crippen LogP contribution in [0, 0.1) is 0 Å². The summed E-state index contributed by atoms with van der Waals surface area (Å²) in [4.78, 5) is 0. The van der Waals surface area contributed by atoms with Crippen LogP contribution in [0.15, 0.2) is 52.1 Å². The van der Waals surface area contributed by atoms with Gasteiger partial charge in [-0.05, 0) is 21.9 Å². The van der Waals surface area contributed by atoms with Crippen molar-refractivity contribution in [2.45, 2.75) is 28.5 Å². The van der Waals surface area contributed by atoms with Crippen LogP contribution in [-0.4, -0.2) is 60.1 Å². The van der Waals surface area contributed by atoms with E-state index in [1.807, 2.05) is 30.3 Å². The van der Waals surface area contributed by atoms with Gasteiger partial charge in [-0.2, -0.15) is 0 Å². The summed E-state index contributed by atoms with van der Waals surface area (Å²) in [7, 11) is -3.60. The van der Waals surface area contributed by atoms with Gasteiger partial charge in [-0.25, -0.2) is 17.8 Å². The maximum absolute atomic E-state index is 12.5. The van der Waals surface area contributed by atoms with Crippen molar-refractivity contribution in [2.24, 2.45) is 0 Å². The van der Waals surface area contributed by atoms with Gasteiger partial charge in [0.25, 0.3) is 0 Å². The molecule has 2 aliphatic heterocycles. The van der Waals surface area contributed by atoms with E-state index in [-0.39, 0.29) is 23.0 Å². The molecule has 4 atom stereocenters. The first-order valence-electron chi connectivity index (χ1n) is 8.76. The highest BCUT2D eigenvalue weighted by atomic mass is 32.2. The number of hydrogen-bond donors (Lipinski definition) is 1. The summed E-state index contributed by atoms with van der Waals surface area (Å²) in [6.45, 7) is 0.580. The van der Waals surface area contributed by atoms with Crippen molar-refractivity contribution < 1.29 is 17.9 Å². The lowest BCUT2D eigenvalue weighted by Gasteiger charge is -2.18. The van der Waals surface area contributed by atoms with E-state index >= 15 is 0 Å². The molecule has 146 valence electrons. The van der Waals surface area contributed by atoms with E-state index in [1.165, 1.54) is 11.3 Å². The van der Waals surface area contributed by atoms with Crippen LogP contribution in [0.25, 0.3) is 11.4 Å². The highest BCUT2D eigenvalue weighted by molar-refractivity contribution is 7.91. The topological polar surface area (TPSA) is 108 Å². The number of nitrogens with one attached hydrogen (secondary N) is 1. The molecule has 1 aromatic carbocycles. The van der Waals surface area contributed by atoms with Gasteiger partial charge in [0.1, 0.15) is 22.5 Å². The molecular formula is C17H17N5O4S2. The number of aromatic nitrogens is 4. The van der Waals surface area contributed by atoms with E-state index in [0.717, 1.165) is 5.56 Å². The van der Waals surface area contributed by atoms with Crippen LogP contribution in [0.4, 0.5) is 0 Å². The quantitative estimate of drug-likeness (QED) is 0.659. The second-order valence-electron chi connectivity index (χ2n) is 6.64. The van der Waals surface area contributed by atoms with Crippen LogP contribution < -0.4 is 4.72 Å². The normalized spacial score (nSPS) is 27.1. The Labute approximate surface area is 165 Å². The molecule has 0 saturated carbocycles. The molecule has 2 fully saturated rings. The smallest absolute Gasteiger partial charge is 0.250 e. The van der Waals surface area contributed by atoms with E-state index < -0.39 is 22.2 Å². The van der Waals surface area contributed by atoms with Gasteiger partial charge in [0.2, 0.25) is 10.0 Å². The van der Waals surface area contributed by atoms with Crippen LogP contribution in [0.3, 0.4) is 0 Å². The van der Waals surface area contributed by atoms with Crippen molar-refractivity contribution in [1.82, 2.24) is 24.9 Å². The first kappa shape index (κ1) is 17.9. The zero-order valence-electron chi connectivity index (χ0n) is 14.6. The summed E-state index contributed by atoms with van der Waals surface area (Å²) < 4.78 is 41.6. The van der Waals surface area contributed by atoms with E-state index in [1.54, 1.807) is 22.2 Å². The van der Waals surface area contributed by atoms with Crippen molar-refractivity contribution in [1.29, 1.82) is 0 Å². The Kier molecular flexibility index (Phi) is 4.48. The van der Waals surface area contributed by atoms with Crippen molar-refractivity contribution >= 4 is 21.4 Å². The van der Waals surface area contributed by atoms with E-state index in [2.05, 4.69) is 20.2 Å². The lowest BCUT2D eigenvalue weighted by atomic mass is 10.1. The monoisotopic (exact) mass is 419 g/mol. The van der Waals surface area contributed by atoms with Crippen LogP contribution >= 0.6 is 11.3 Å². The van der Waals surface area contributed by atoms with Gasteiger partial charge in [0.05, 0.1) is 19.3 Å². The van der Waals surface area contributed by atoms with Gasteiger partial charge in [0.15, 0.2) is 5.82 Å². The van der Waals surface area contributed by atoms with Gasteiger partial charge in [-0.3, -0.25) is 0 Å². The second kappa shape index (κ2) is 7.01. The number of nitrogens with zero attached hydrogens (tertiary/aromatic N) is 4. The highest BCUT2D eigenvalue weighted by Gasteiger charge is 2.50. The van der Waals surface area contributed by atoms with Gasteiger partial charge >= 0.3 is 0 Å². The van der Waals surface area contributed by atoms with Crippen LogP contribution in [0.1, 0.15) is 6.04 Å². The summed E-state index contributed by atoms with van der Waals surface area (Å²) in [5.41, 5.74) is 0.892. The zero-order chi connectivity index (χ0) is 19.1. The molecule has 0 bridgehead atoms. The molecule has 4 heterocycles. The first-order valence-corrected chi connectivity index (χ1v) is 11.1. The second-order valence-corrected chi connectivity index (χ2v) is 9.52. The number of ether oxygens (including phenoxy) is 2. The Morgan fingerprint density at radius 2 is 1.89 bits per heavy atom. The van der Waals surface area contributed by atoms with Crippen LogP contribution in [-0.2, 0) is 19.5 Å². The summed E-state index contributed by atoms with van der Waals surface area (Å²) in [6, 6.07) is 12.2. The van der Waals surface area contributed by atoms with E-state index in [4.69, 9.17) is 9.47 Å². The molecule has 0 amide bonds. The minimum Gasteiger partial charge on any atom is -0.371 e. The Bertz CT molecular complexity index is 1050. The molecule has 28 heavy (non-hydrogen) atoms. The summed E-state index contributed by atoms with van der Waals surface area (Å²) in [5.74, 6) is 0.626. The third kappa shape index (κ3) is 3.05. The fraction of sp³-hybridized carbons (Fsp3) is 0.353. The number of thiophene rings is 1. The van der Waals surface area contributed by atoms with Crippen molar-refractivity contribution in [3.63, 3.8) is 0 Å². The van der Waals surface area contributed by atoms with Crippen LogP contribution in [0.5, 0.6) is 0 Å². The maximum atomic E-state index is 12.5. The molecule has 0 unspecified atom stereocenters. The van der Waals surface area contributed by atoms with Crippen molar-refractivity contribution in [3.8, 4) is 11.4 Å². The minimum atomic E-state index is -3.60. The predicted molar refractivity (Wildman–Crippen MR) is 100 cm³/mol. The number of sulfonamides is 1. The molecule has 3 aromatic rings. The van der Waals surface area contributed by atoms with Crippen molar-refractivity contribution in [3.05, 3.63) is 47.8 Å². The van der Waals surface area contributed by atoms with Gasteiger partial charge in [-0.15, -0.1) is 16.4 Å². The molecule has 2 saturated heterocycles. The third-order valence-electron chi connectivity index (χ3n) is 4.93. The summed E-state index contributed by atoms with van der Waals surface area (Å²) >= 11 is 1.17. The fourth-order valence-corrected chi connectivity index (χ4v) is 5.90. The Morgan fingerprint density at radius 3 is 2.68 bits per heavy atom. The standard InChI is InChI=1S/C17H17N5O4S2/c23-28(24,14-7-4-8-27-14)19-12-9-25-16-13(10-26-15(12)16)22-17(18-20-21-22)11-5-2-1-3-6-11/h1-8,12-13,15-16,19H,9-10H2/t12-,13+,15-,16+/m0/s1. The summed E-state index contributed by atoms with van der Waals surface area (Å²) in [5, 5.41) is 13.8.